The molecule has 0 radical (unpaired) electrons. The van der Waals surface area contributed by atoms with E-state index in [1.54, 1.807) is 0 Å². The van der Waals surface area contributed by atoms with Crippen molar-refractivity contribution in [1.29, 1.82) is 0 Å². The van der Waals surface area contributed by atoms with Crippen LogP contribution >= 0.6 is 28.1 Å². The summed E-state index contributed by atoms with van der Waals surface area (Å²) in [5, 5.41) is 2.89. The van der Waals surface area contributed by atoms with Crippen LogP contribution in [0.25, 0.3) is 0 Å². The maximum atomic E-state index is 13.2. The van der Waals surface area contributed by atoms with Crippen LogP contribution in [0.5, 0.6) is 0 Å². The van der Waals surface area contributed by atoms with Gasteiger partial charge < -0.3 is 11.1 Å². The van der Waals surface area contributed by atoms with Crippen LogP contribution in [0.4, 0.5) is 4.39 Å². The van der Waals surface area contributed by atoms with Crippen molar-refractivity contribution in [2.75, 3.05) is 0 Å². The van der Waals surface area contributed by atoms with Gasteiger partial charge in [0.1, 0.15) is 5.82 Å². The molecule has 0 heterocycles. The minimum absolute atomic E-state index is 0.0336. The number of rotatable bonds is 3. The van der Waals surface area contributed by atoms with Gasteiger partial charge in [-0.2, -0.15) is 0 Å². The molecule has 1 aromatic rings. The molecule has 6 heteroatoms. The summed E-state index contributed by atoms with van der Waals surface area (Å²) in [6, 6.07) is 3.97. The van der Waals surface area contributed by atoms with Crippen molar-refractivity contribution in [3.63, 3.8) is 0 Å². The van der Waals surface area contributed by atoms with Crippen molar-refractivity contribution < 1.29 is 9.18 Å². The molecule has 1 saturated carbocycles. The average Bonchev–Trinajstić information content (AvgIpc) is 2.80. The Hall–Kier alpha value is -1.01. The molecule has 19 heavy (non-hydrogen) atoms. The first-order valence-electron chi connectivity index (χ1n) is 6.04. The third-order valence-electron chi connectivity index (χ3n) is 3.37. The highest BCUT2D eigenvalue weighted by atomic mass is 79.9. The Morgan fingerprint density at radius 3 is 2.89 bits per heavy atom. The summed E-state index contributed by atoms with van der Waals surface area (Å²) in [6.45, 7) is 0. The number of benzene rings is 1. The summed E-state index contributed by atoms with van der Waals surface area (Å²) in [7, 11) is 0. The van der Waals surface area contributed by atoms with E-state index in [-0.39, 0.29) is 23.4 Å². The third kappa shape index (κ3) is 3.30. The molecule has 2 atom stereocenters. The van der Waals surface area contributed by atoms with Gasteiger partial charge in [0.2, 0.25) is 0 Å². The minimum Gasteiger partial charge on any atom is -0.393 e. The molecule has 1 fully saturated rings. The maximum Gasteiger partial charge on any atom is 0.252 e. The first-order chi connectivity index (χ1) is 8.99. The molecule has 0 spiro atoms. The van der Waals surface area contributed by atoms with E-state index in [0.717, 1.165) is 19.3 Å². The van der Waals surface area contributed by atoms with Gasteiger partial charge in [-0.25, -0.2) is 4.39 Å². The highest BCUT2D eigenvalue weighted by Crippen LogP contribution is 2.27. The first kappa shape index (κ1) is 14.4. The van der Waals surface area contributed by atoms with Gasteiger partial charge in [-0.05, 0) is 47.0 Å². The van der Waals surface area contributed by atoms with Gasteiger partial charge >= 0.3 is 0 Å². The Morgan fingerprint density at radius 2 is 2.21 bits per heavy atom. The van der Waals surface area contributed by atoms with E-state index < -0.39 is 5.82 Å². The van der Waals surface area contributed by atoms with E-state index >= 15 is 0 Å². The predicted molar refractivity (Wildman–Crippen MR) is 79.5 cm³/mol. The Labute approximate surface area is 124 Å². The van der Waals surface area contributed by atoms with Gasteiger partial charge in [-0.3, -0.25) is 4.79 Å². The molecule has 3 N–H and O–H groups in total. The molecule has 2 unspecified atom stereocenters. The van der Waals surface area contributed by atoms with Crippen LogP contribution in [0.15, 0.2) is 22.7 Å². The molecule has 2 rings (SSSR count). The molecule has 1 aliphatic rings. The fourth-order valence-corrected chi connectivity index (χ4v) is 3.10. The Morgan fingerprint density at radius 1 is 1.47 bits per heavy atom. The van der Waals surface area contributed by atoms with E-state index in [1.807, 2.05) is 0 Å². The number of hydrogen-bond donors (Lipinski definition) is 2. The van der Waals surface area contributed by atoms with E-state index in [0.29, 0.717) is 9.46 Å². The van der Waals surface area contributed by atoms with Crippen LogP contribution in [-0.2, 0) is 0 Å². The fraction of sp³-hybridized carbons (Fsp3) is 0.385. The van der Waals surface area contributed by atoms with Crippen molar-refractivity contribution in [2.45, 2.75) is 25.3 Å². The summed E-state index contributed by atoms with van der Waals surface area (Å²) in [6.07, 6.45) is 2.72. The molecule has 1 amide bonds. The second kappa shape index (κ2) is 5.96. The van der Waals surface area contributed by atoms with E-state index in [4.69, 9.17) is 18.0 Å². The topological polar surface area (TPSA) is 55.1 Å². The lowest BCUT2D eigenvalue weighted by molar-refractivity contribution is 0.0932. The zero-order valence-electron chi connectivity index (χ0n) is 10.2. The molecular formula is C13H14BrFN2OS. The van der Waals surface area contributed by atoms with Crippen molar-refractivity contribution in [3.05, 3.63) is 34.1 Å². The van der Waals surface area contributed by atoms with Gasteiger partial charge in [-0.15, -0.1) is 0 Å². The highest BCUT2D eigenvalue weighted by molar-refractivity contribution is 9.10. The van der Waals surface area contributed by atoms with Gasteiger partial charge in [-0.1, -0.05) is 18.6 Å². The lowest BCUT2D eigenvalue weighted by Gasteiger charge is -2.20. The molecule has 1 aliphatic carbocycles. The molecule has 1 aromatic carbocycles. The predicted octanol–water partition coefficient (Wildman–Crippen LogP) is 2.77. The zero-order valence-corrected chi connectivity index (χ0v) is 12.6. The zero-order chi connectivity index (χ0) is 14.0. The summed E-state index contributed by atoms with van der Waals surface area (Å²) in [5.74, 6) is -0.712. The molecule has 0 aliphatic heterocycles. The highest BCUT2D eigenvalue weighted by Gasteiger charge is 2.31. The quantitative estimate of drug-likeness (QED) is 0.829. The second-order valence-corrected chi connectivity index (χ2v) is 5.97. The molecule has 102 valence electrons. The molecule has 0 saturated heterocycles. The minimum atomic E-state index is -0.439. The van der Waals surface area contributed by atoms with E-state index in [1.165, 1.54) is 18.2 Å². The van der Waals surface area contributed by atoms with Crippen molar-refractivity contribution >= 4 is 39.0 Å². The first-order valence-corrected chi connectivity index (χ1v) is 7.24. The van der Waals surface area contributed by atoms with Crippen LogP contribution in [0, 0.1) is 11.7 Å². The van der Waals surface area contributed by atoms with E-state index in [9.17, 15) is 9.18 Å². The Kier molecular flexibility index (Phi) is 4.52. The van der Waals surface area contributed by atoms with Crippen molar-refractivity contribution in [1.82, 2.24) is 5.32 Å². The lowest BCUT2D eigenvalue weighted by Crippen LogP contribution is -2.41. The summed E-state index contributed by atoms with van der Waals surface area (Å²) in [4.78, 5) is 12.6. The largest absolute Gasteiger partial charge is 0.393 e. The molecule has 3 nitrogen and oxygen atoms in total. The fourth-order valence-electron chi connectivity index (χ4n) is 2.39. The van der Waals surface area contributed by atoms with Gasteiger partial charge in [0.25, 0.3) is 5.91 Å². The average molecular weight is 345 g/mol. The number of halogens is 2. The van der Waals surface area contributed by atoms with Crippen molar-refractivity contribution in [3.8, 4) is 0 Å². The third-order valence-corrected chi connectivity index (χ3v) is 4.37. The maximum absolute atomic E-state index is 13.2. The summed E-state index contributed by atoms with van der Waals surface area (Å²) < 4.78 is 13.8. The molecule has 0 aromatic heterocycles. The second-order valence-electron chi connectivity index (χ2n) is 4.64. The summed E-state index contributed by atoms with van der Waals surface area (Å²) in [5.41, 5.74) is 5.95. The van der Waals surface area contributed by atoms with Crippen LogP contribution in [0.1, 0.15) is 29.6 Å². The number of amides is 1. The van der Waals surface area contributed by atoms with Crippen LogP contribution in [0.2, 0.25) is 0 Å². The number of carbonyl (C=O) groups is 1. The van der Waals surface area contributed by atoms with Gasteiger partial charge in [0.15, 0.2) is 0 Å². The van der Waals surface area contributed by atoms with E-state index in [2.05, 4.69) is 21.2 Å². The standard InChI is InChI=1S/C13H14BrFN2OS/c14-10-5-4-7(15)6-9(10)13(18)17-11-3-1-2-8(11)12(16)19/h4-6,8,11H,1-3H2,(H2,16,19)(H,17,18). The molecular weight excluding hydrogens is 331 g/mol. The molecule has 0 bridgehead atoms. The lowest BCUT2D eigenvalue weighted by atomic mass is 10.0. The Bertz CT molecular complexity index is 523. The monoisotopic (exact) mass is 344 g/mol. The SMILES string of the molecule is NC(=S)C1CCCC1NC(=O)c1cc(F)ccc1Br. The van der Waals surface area contributed by atoms with Crippen LogP contribution < -0.4 is 11.1 Å². The number of carbonyl (C=O) groups excluding carboxylic acids is 1. The van der Waals surface area contributed by atoms with Gasteiger partial charge in [0, 0.05) is 16.4 Å². The van der Waals surface area contributed by atoms with Crippen LogP contribution in [0.3, 0.4) is 0 Å². The van der Waals surface area contributed by atoms with Crippen molar-refractivity contribution in [2.24, 2.45) is 11.7 Å². The number of hydrogen-bond acceptors (Lipinski definition) is 2. The normalized spacial score (nSPS) is 22.2. The van der Waals surface area contributed by atoms with Gasteiger partial charge in [0.05, 0.1) is 10.6 Å². The number of nitrogens with one attached hydrogen (secondary N) is 1. The Balaban J connectivity index is 2.12. The van der Waals surface area contributed by atoms with Crippen LogP contribution in [-0.4, -0.2) is 16.9 Å². The summed E-state index contributed by atoms with van der Waals surface area (Å²) >= 11 is 8.25. The number of thiocarbonyl (C=S) groups is 1. The number of nitrogens with two attached hydrogens (primary N) is 1. The smallest absolute Gasteiger partial charge is 0.252 e.